The highest BCUT2D eigenvalue weighted by atomic mass is 35.5. The second kappa shape index (κ2) is 6.98. The van der Waals surface area contributed by atoms with Crippen LogP contribution in [0.4, 0.5) is 10.1 Å². The highest BCUT2D eigenvalue weighted by molar-refractivity contribution is 6.35. The number of anilines is 1. The van der Waals surface area contributed by atoms with Gasteiger partial charge >= 0.3 is 0 Å². The van der Waals surface area contributed by atoms with Crippen molar-refractivity contribution >= 4 is 28.2 Å². The zero-order chi connectivity index (χ0) is 17.2. The number of hydrogen-bond acceptors (Lipinski definition) is 3. The minimum atomic E-state index is -0.149. The largest absolute Gasteiger partial charge is 0.367 e. The fourth-order valence-corrected chi connectivity index (χ4v) is 3.64. The number of para-hydroxylation sites is 1. The number of fused-ring (bicyclic) bond motifs is 1. The third kappa shape index (κ3) is 3.32. The van der Waals surface area contributed by atoms with Gasteiger partial charge in [-0.1, -0.05) is 29.8 Å². The van der Waals surface area contributed by atoms with Gasteiger partial charge in [0, 0.05) is 49.3 Å². The molecule has 0 bridgehead atoms. The van der Waals surface area contributed by atoms with Crippen LogP contribution in [0.1, 0.15) is 5.56 Å². The summed E-state index contributed by atoms with van der Waals surface area (Å²) in [7, 11) is 0. The van der Waals surface area contributed by atoms with Gasteiger partial charge in [0.1, 0.15) is 5.82 Å². The maximum atomic E-state index is 14.0. The Labute approximate surface area is 151 Å². The van der Waals surface area contributed by atoms with Gasteiger partial charge in [-0.05, 0) is 35.9 Å². The Balaban J connectivity index is 1.48. The number of halogens is 2. The van der Waals surface area contributed by atoms with E-state index in [4.69, 9.17) is 11.6 Å². The summed E-state index contributed by atoms with van der Waals surface area (Å²) in [6, 6.07) is 14.9. The Morgan fingerprint density at radius 3 is 2.56 bits per heavy atom. The summed E-state index contributed by atoms with van der Waals surface area (Å²) >= 11 is 6.28. The van der Waals surface area contributed by atoms with E-state index in [0.29, 0.717) is 5.69 Å². The van der Waals surface area contributed by atoms with Crippen molar-refractivity contribution in [1.82, 2.24) is 9.88 Å². The third-order valence-corrected chi connectivity index (χ3v) is 5.09. The van der Waals surface area contributed by atoms with E-state index < -0.39 is 0 Å². The number of rotatable bonds is 3. The van der Waals surface area contributed by atoms with Crippen molar-refractivity contribution in [3.05, 3.63) is 71.1 Å². The molecule has 4 rings (SSSR count). The van der Waals surface area contributed by atoms with Crippen molar-refractivity contribution in [2.45, 2.75) is 6.54 Å². The topological polar surface area (TPSA) is 19.4 Å². The molecule has 1 saturated heterocycles. The van der Waals surface area contributed by atoms with E-state index in [2.05, 4.69) is 20.9 Å². The zero-order valence-corrected chi connectivity index (χ0v) is 14.6. The van der Waals surface area contributed by atoms with E-state index in [-0.39, 0.29) is 5.82 Å². The van der Waals surface area contributed by atoms with Gasteiger partial charge in [-0.2, -0.15) is 0 Å². The lowest BCUT2D eigenvalue weighted by molar-refractivity contribution is 0.250. The minimum absolute atomic E-state index is 0.149. The van der Waals surface area contributed by atoms with Crippen LogP contribution in [-0.2, 0) is 6.54 Å². The maximum absolute atomic E-state index is 14.0. The highest BCUT2D eigenvalue weighted by Gasteiger charge is 2.20. The molecule has 0 saturated carbocycles. The number of benzene rings is 2. The SMILES string of the molecule is Fc1ccccc1N1CCN(Cc2ccc(Cl)c3cccnc23)CC1. The van der Waals surface area contributed by atoms with Crippen molar-refractivity contribution in [3.63, 3.8) is 0 Å². The van der Waals surface area contributed by atoms with Crippen molar-refractivity contribution in [3.8, 4) is 0 Å². The molecular weight excluding hydrogens is 337 g/mol. The average Bonchev–Trinajstić information content (AvgIpc) is 2.65. The molecule has 1 aromatic heterocycles. The van der Waals surface area contributed by atoms with E-state index >= 15 is 0 Å². The summed E-state index contributed by atoms with van der Waals surface area (Å²) in [5.74, 6) is -0.149. The van der Waals surface area contributed by atoms with Gasteiger partial charge in [0.05, 0.1) is 11.2 Å². The van der Waals surface area contributed by atoms with E-state index in [1.807, 2.05) is 30.3 Å². The van der Waals surface area contributed by atoms with Crippen molar-refractivity contribution in [2.75, 3.05) is 31.1 Å². The highest BCUT2D eigenvalue weighted by Crippen LogP contribution is 2.26. The standard InChI is InChI=1S/C20H19ClFN3/c21-17-8-7-15(20-16(17)4-3-9-23-20)14-24-10-12-25(13-11-24)19-6-2-1-5-18(19)22/h1-9H,10-14H2. The van der Waals surface area contributed by atoms with Crippen molar-refractivity contribution < 1.29 is 4.39 Å². The number of aromatic nitrogens is 1. The molecule has 1 aliphatic heterocycles. The van der Waals surface area contributed by atoms with Gasteiger partial charge < -0.3 is 4.90 Å². The van der Waals surface area contributed by atoms with Gasteiger partial charge in [0.25, 0.3) is 0 Å². The van der Waals surface area contributed by atoms with Crippen LogP contribution in [0, 0.1) is 5.82 Å². The van der Waals surface area contributed by atoms with Crippen LogP contribution in [0.5, 0.6) is 0 Å². The summed E-state index contributed by atoms with van der Waals surface area (Å²) in [6.07, 6.45) is 1.80. The quantitative estimate of drug-likeness (QED) is 0.696. The van der Waals surface area contributed by atoms with Gasteiger partial charge in [-0.25, -0.2) is 4.39 Å². The molecule has 0 radical (unpaired) electrons. The number of pyridine rings is 1. The molecule has 2 aromatic carbocycles. The fraction of sp³-hybridized carbons (Fsp3) is 0.250. The normalized spacial score (nSPS) is 15.7. The van der Waals surface area contributed by atoms with Crippen molar-refractivity contribution in [1.29, 1.82) is 0 Å². The molecular formula is C20H19ClFN3. The third-order valence-electron chi connectivity index (χ3n) is 4.76. The summed E-state index contributed by atoms with van der Waals surface area (Å²) in [5, 5.41) is 1.72. The molecule has 128 valence electrons. The molecule has 2 heterocycles. The molecule has 3 nitrogen and oxygen atoms in total. The first-order chi connectivity index (χ1) is 12.2. The maximum Gasteiger partial charge on any atom is 0.146 e. The number of hydrogen-bond donors (Lipinski definition) is 0. The first-order valence-electron chi connectivity index (χ1n) is 8.46. The van der Waals surface area contributed by atoms with E-state index in [0.717, 1.165) is 48.6 Å². The molecule has 3 aromatic rings. The first kappa shape index (κ1) is 16.3. The minimum Gasteiger partial charge on any atom is -0.367 e. The van der Waals surface area contributed by atoms with Crippen molar-refractivity contribution in [2.24, 2.45) is 0 Å². The molecule has 5 heteroatoms. The molecule has 1 aliphatic rings. The van der Waals surface area contributed by atoms with Gasteiger partial charge in [-0.15, -0.1) is 0 Å². The molecule has 1 fully saturated rings. The Morgan fingerprint density at radius 1 is 0.960 bits per heavy atom. The van der Waals surface area contributed by atoms with Crippen LogP contribution in [0.25, 0.3) is 10.9 Å². The van der Waals surface area contributed by atoms with Gasteiger partial charge in [0.15, 0.2) is 0 Å². The van der Waals surface area contributed by atoms with Gasteiger partial charge in [0.2, 0.25) is 0 Å². The Hall–Kier alpha value is -2.17. The average molecular weight is 356 g/mol. The van der Waals surface area contributed by atoms with Crippen LogP contribution in [0.15, 0.2) is 54.7 Å². The predicted molar refractivity (Wildman–Crippen MR) is 101 cm³/mol. The summed E-state index contributed by atoms with van der Waals surface area (Å²) in [5.41, 5.74) is 2.84. The van der Waals surface area contributed by atoms with Crippen LogP contribution >= 0.6 is 11.6 Å². The fourth-order valence-electron chi connectivity index (χ4n) is 3.42. The Bertz CT molecular complexity index is 891. The van der Waals surface area contributed by atoms with Gasteiger partial charge in [-0.3, -0.25) is 9.88 Å². The number of nitrogens with zero attached hydrogens (tertiary/aromatic N) is 3. The summed E-state index contributed by atoms with van der Waals surface area (Å²) in [4.78, 5) is 9.01. The second-order valence-electron chi connectivity index (χ2n) is 6.32. The summed E-state index contributed by atoms with van der Waals surface area (Å²) in [6.45, 7) is 4.26. The Morgan fingerprint density at radius 2 is 1.76 bits per heavy atom. The van der Waals surface area contributed by atoms with Crippen LogP contribution in [0.3, 0.4) is 0 Å². The molecule has 0 amide bonds. The monoisotopic (exact) mass is 355 g/mol. The lowest BCUT2D eigenvalue weighted by atomic mass is 10.1. The lowest BCUT2D eigenvalue weighted by Crippen LogP contribution is -2.46. The Kier molecular flexibility index (Phi) is 4.55. The number of piperazine rings is 1. The molecule has 0 unspecified atom stereocenters. The van der Waals surface area contributed by atoms with Crippen LogP contribution in [-0.4, -0.2) is 36.1 Å². The molecule has 0 spiro atoms. The van der Waals surface area contributed by atoms with Crippen LogP contribution in [0.2, 0.25) is 5.02 Å². The molecule has 0 aliphatic carbocycles. The second-order valence-corrected chi connectivity index (χ2v) is 6.73. The van der Waals surface area contributed by atoms with E-state index in [9.17, 15) is 4.39 Å². The molecule has 0 N–H and O–H groups in total. The predicted octanol–water partition coefficient (Wildman–Crippen LogP) is 4.35. The zero-order valence-electron chi connectivity index (χ0n) is 13.8. The lowest BCUT2D eigenvalue weighted by Gasteiger charge is -2.36. The smallest absolute Gasteiger partial charge is 0.146 e. The summed E-state index contributed by atoms with van der Waals surface area (Å²) < 4.78 is 14.0. The molecule has 0 atom stereocenters. The van der Waals surface area contributed by atoms with E-state index in [1.54, 1.807) is 12.3 Å². The molecule has 25 heavy (non-hydrogen) atoms. The van der Waals surface area contributed by atoms with E-state index in [1.165, 1.54) is 11.6 Å². The first-order valence-corrected chi connectivity index (χ1v) is 8.84. The van der Waals surface area contributed by atoms with Crippen LogP contribution < -0.4 is 4.90 Å².